The van der Waals surface area contributed by atoms with Crippen LogP contribution in [0.3, 0.4) is 0 Å². The predicted octanol–water partition coefficient (Wildman–Crippen LogP) is 2.81. The van der Waals surface area contributed by atoms with Crippen LogP contribution in [-0.2, 0) is 22.7 Å². The summed E-state index contributed by atoms with van der Waals surface area (Å²) in [5.41, 5.74) is 0.701. The number of carbonyl (C=O) groups is 3. The summed E-state index contributed by atoms with van der Waals surface area (Å²) in [7, 11) is 0. The highest BCUT2D eigenvalue weighted by Crippen LogP contribution is 2.31. The smallest absolute Gasteiger partial charge is 0.407 e. The van der Waals surface area contributed by atoms with Gasteiger partial charge >= 0.3 is 6.09 Å². The van der Waals surface area contributed by atoms with Gasteiger partial charge in [-0.25, -0.2) is 13.6 Å². The molecule has 0 saturated carbocycles. The number of nitrogens with zero attached hydrogens (tertiary/aromatic N) is 6. The maximum absolute atomic E-state index is 13.7. The lowest BCUT2D eigenvalue weighted by Crippen LogP contribution is -2.43. The van der Waals surface area contributed by atoms with Crippen molar-refractivity contribution in [1.29, 1.82) is 5.26 Å². The summed E-state index contributed by atoms with van der Waals surface area (Å²) in [4.78, 5) is 42.2. The Bertz CT molecular complexity index is 1530. The van der Waals surface area contributed by atoms with Crippen LogP contribution in [0.15, 0.2) is 36.7 Å². The van der Waals surface area contributed by atoms with E-state index in [9.17, 15) is 23.2 Å². The van der Waals surface area contributed by atoms with Gasteiger partial charge in [-0.1, -0.05) is 5.21 Å². The van der Waals surface area contributed by atoms with Gasteiger partial charge in [0.05, 0.1) is 36.4 Å². The normalized spacial score (nSPS) is 16.0. The average Bonchev–Trinajstić information content (AvgIpc) is 3.54. The number of pyridine rings is 1. The van der Waals surface area contributed by atoms with Crippen LogP contribution in [0.4, 0.5) is 13.6 Å². The molecule has 1 aromatic carbocycles. The molecule has 13 nitrogen and oxygen atoms in total. The molecule has 15 heteroatoms. The number of hydrogen-bond donors (Lipinski definition) is 2. The Labute approximate surface area is 246 Å². The van der Waals surface area contributed by atoms with Crippen LogP contribution >= 0.6 is 0 Å². The van der Waals surface area contributed by atoms with Gasteiger partial charge in [0.25, 0.3) is 11.8 Å². The molecule has 2 N–H and O–H groups in total. The van der Waals surface area contributed by atoms with Crippen molar-refractivity contribution in [2.45, 2.75) is 64.3 Å². The van der Waals surface area contributed by atoms with Gasteiger partial charge in [0.1, 0.15) is 29.7 Å². The fourth-order valence-corrected chi connectivity index (χ4v) is 4.38. The van der Waals surface area contributed by atoms with E-state index in [-0.39, 0.29) is 12.2 Å². The molecule has 1 saturated heterocycles. The van der Waals surface area contributed by atoms with Crippen molar-refractivity contribution in [2.75, 3.05) is 19.6 Å². The molecule has 0 spiro atoms. The van der Waals surface area contributed by atoms with Gasteiger partial charge in [0.15, 0.2) is 0 Å². The van der Waals surface area contributed by atoms with Gasteiger partial charge in [-0.05, 0) is 51.5 Å². The first-order valence-corrected chi connectivity index (χ1v) is 13.6. The number of likely N-dealkylation sites (tertiary alicyclic amines) is 1. The third kappa shape index (κ3) is 8.57. The second kappa shape index (κ2) is 13.0. The summed E-state index contributed by atoms with van der Waals surface area (Å²) < 4.78 is 40.1. The van der Waals surface area contributed by atoms with Gasteiger partial charge in [-0.2, -0.15) is 5.26 Å². The van der Waals surface area contributed by atoms with E-state index in [4.69, 9.17) is 14.7 Å². The molecule has 3 aromatic rings. The van der Waals surface area contributed by atoms with E-state index < -0.39 is 55.0 Å². The number of aryl methyl sites for hydroxylation is 1. The number of rotatable bonds is 10. The third-order valence-electron chi connectivity index (χ3n) is 6.30. The van der Waals surface area contributed by atoms with E-state index in [2.05, 4.69) is 25.9 Å². The van der Waals surface area contributed by atoms with Crippen LogP contribution in [0.1, 0.15) is 49.7 Å². The molecule has 1 atom stereocenters. The van der Waals surface area contributed by atoms with Crippen molar-refractivity contribution in [2.24, 2.45) is 0 Å². The van der Waals surface area contributed by atoms with Gasteiger partial charge in [-0.15, -0.1) is 5.10 Å². The zero-order valence-electron chi connectivity index (χ0n) is 24.0. The van der Waals surface area contributed by atoms with E-state index >= 15 is 0 Å². The van der Waals surface area contributed by atoms with Crippen molar-refractivity contribution in [3.05, 3.63) is 47.9 Å². The predicted molar refractivity (Wildman–Crippen MR) is 148 cm³/mol. The first-order valence-electron chi connectivity index (χ1n) is 13.6. The Morgan fingerprint density at radius 1 is 1.21 bits per heavy atom. The van der Waals surface area contributed by atoms with Gasteiger partial charge in [-0.3, -0.25) is 19.3 Å². The minimum absolute atomic E-state index is 0.0957. The Morgan fingerprint density at radius 2 is 2.00 bits per heavy atom. The summed E-state index contributed by atoms with van der Waals surface area (Å²) in [5, 5.41) is 22.9. The maximum Gasteiger partial charge on any atom is 0.407 e. The number of alkyl halides is 2. The summed E-state index contributed by atoms with van der Waals surface area (Å²) in [5.74, 6) is -4.10. The number of nitrogens with one attached hydrogen (secondary N) is 2. The number of benzene rings is 1. The Hall–Kier alpha value is -4.87. The Balaban J connectivity index is 1.31. The highest BCUT2D eigenvalue weighted by molar-refractivity contribution is 6.07. The number of hydrogen-bond acceptors (Lipinski definition) is 9. The maximum atomic E-state index is 13.7. The van der Waals surface area contributed by atoms with Crippen molar-refractivity contribution >= 4 is 28.8 Å². The number of amides is 3. The number of alkyl carbamates (subject to hydrolysis) is 1. The lowest BCUT2D eigenvalue weighted by Gasteiger charge is -2.19. The molecule has 4 rings (SSSR count). The van der Waals surface area contributed by atoms with Crippen LogP contribution in [0, 0.1) is 11.3 Å². The fourth-order valence-electron chi connectivity index (χ4n) is 4.38. The van der Waals surface area contributed by atoms with Crippen molar-refractivity contribution in [1.82, 2.24) is 35.5 Å². The van der Waals surface area contributed by atoms with E-state index in [0.29, 0.717) is 41.9 Å². The lowest BCUT2D eigenvalue weighted by atomic mass is 10.1. The van der Waals surface area contributed by atoms with Crippen molar-refractivity contribution in [3.63, 3.8) is 0 Å². The molecule has 228 valence electrons. The molecule has 3 amide bonds. The number of carbonyl (C=O) groups excluding carboxylic acids is 3. The average molecular weight is 599 g/mol. The van der Waals surface area contributed by atoms with Gasteiger partial charge in [0, 0.05) is 31.1 Å². The molecule has 3 heterocycles. The van der Waals surface area contributed by atoms with E-state index in [1.165, 1.54) is 12.3 Å². The molecule has 1 aliphatic heterocycles. The molecule has 0 aliphatic carbocycles. The molecule has 43 heavy (non-hydrogen) atoms. The summed E-state index contributed by atoms with van der Waals surface area (Å²) in [6, 6.07) is 6.91. The molecular weight excluding hydrogens is 566 g/mol. The Kier molecular flexibility index (Phi) is 9.37. The topological polar surface area (TPSA) is 164 Å². The number of halogens is 2. The minimum Gasteiger partial charge on any atom is -0.487 e. The molecular formula is C28H32F2N8O5. The number of fused-ring (bicyclic) bond motifs is 1. The number of aromatic nitrogens is 4. The molecule has 1 fully saturated rings. The van der Waals surface area contributed by atoms with Crippen LogP contribution in [0.2, 0.25) is 0 Å². The molecule has 2 aromatic heterocycles. The highest BCUT2D eigenvalue weighted by Gasteiger charge is 2.47. The van der Waals surface area contributed by atoms with E-state index in [0.717, 1.165) is 4.90 Å². The van der Waals surface area contributed by atoms with Crippen LogP contribution in [0.25, 0.3) is 10.9 Å². The number of ether oxygens (including phenoxy) is 2. The first-order chi connectivity index (χ1) is 20.3. The number of nitriles is 1. The first kappa shape index (κ1) is 31.1. The SMILES string of the molecule is CC(C)(C)OC(=O)NCCCn1cc(COc2ccc3nccc(C(=O)NCC(=O)N4CC(F)(F)C[C@H]4C#N)c3c2)nn1. The molecule has 0 bridgehead atoms. The van der Waals surface area contributed by atoms with Crippen LogP contribution < -0.4 is 15.4 Å². The molecule has 0 unspecified atom stereocenters. The van der Waals surface area contributed by atoms with Gasteiger partial charge in [0.2, 0.25) is 5.91 Å². The van der Waals surface area contributed by atoms with E-state index in [1.807, 2.05) is 0 Å². The monoisotopic (exact) mass is 598 g/mol. The fraction of sp³-hybridized carbons (Fsp3) is 0.464. The summed E-state index contributed by atoms with van der Waals surface area (Å²) in [6.07, 6.45) is 2.56. The second-order valence-corrected chi connectivity index (χ2v) is 11.0. The standard InChI is InChI=1S/C28H32F2N8O5/c1-27(2,3)43-26(41)33-8-4-10-37-15-18(35-36-37)16-42-20-5-6-23-22(11-20)21(7-9-32-23)25(40)34-14-24(39)38-17-28(29,30)12-19(38)13-31/h5-7,9,11,15,19H,4,8,10,12,14,16-17H2,1-3H3,(H,33,41)(H,34,40)/t19-/m0/s1. The zero-order valence-corrected chi connectivity index (χ0v) is 24.0. The zero-order chi connectivity index (χ0) is 31.2. The Morgan fingerprint density at radius 3 is 2.74 bits per heavy atom. The summed E-state index contributed by atoms with van der Waals surface area (Å²) in [6.45, 7) is 4.99. The highest BCUT2D eigenvalue weighted by atomic mass is 19.3. The van der Waals surface area contributed by atoms with E-state index in [1.54, 1.807) is 55.9 Å². The van der Waals surface area contributed by atoms with Crippen LogP contribution in [-0.4, -0.2) is 80.0 Å². The largest absolute Gasteiger partial charge is 0.487 e. The molecule has 1 aliphatic rings. The lowest BCUT2D eigenvalue weighted by molar-refractivity contribution is -0.131. The van der Waals surface area contributed by atoms with Crippen LogP contribution in [0.5, 0.6) is 5.75 Å². The molecule has 0 radical (unpaired) electrons. The van der Waals surface area contributed by atoms with Gasteiger partial charge < -0.3 is 25.0 Å². The quantitative estimate of drug-likeness (QED) is 0.334. The van der Waals surface area contributed by atoms with Crippen molar-refractivity contribution in [3.8, 4) is 11.8 Å². The summed E-state index contributed by atoms with van der Waals surface area (Å²) >= 11 is 0. The third-order valence-corrected chi connectivity index (χ3v) is 6.30. The van der Waals surface area contributed by atoms with Crippen molar-refractivity contribution < 1.29 is 32.6 Å². The minimum atomic E-state index is -3.15. The second-order valence-electron chi connectivity index (χ2n) is 11.0.